The Hall–Kier alpha value is -3.31. The average Bonchev–Trinajstić information content (AvgIpc) is 2.77. The van der Waals surface area contributed by atoms with Crippen LogP contribution in [0.15, 0.2) is 53.6 Å². The standard InChI is InChI=1S/C20H16Cl2F3N5O3/c21-13-7-12(4-5-14(13)23)8-26-17(31)10-29-16(22)9-27-18(19(29)32)28-11-20(24,25)15-3-1-2-6-30(15)33/h1-7,9H,8,10-11H2,(H,26,31)(H,27,28). The number of hydrogen-bond donors (Lipinski definition) is 2. The number of benzene rings is 1. The molecule has 174 valence electrons. The molecule has 0 unspecified atom stereocenters. The van der Waals surface area contributed by atoms with Crippen molar-refractivity contribution < 1.29 is 22.7 Å². The molecule has 33 heavy (non-hydrogen) atoms. The lowest BCUT2D eigenvalue weighted by Gasteiger charge is -2.17. The monoisotopic (exact) mass is 501 g/mol. The minimum Gasteiger partial charge on any atom is -0.618 e. The molecule has 0 saturated carbocycles. The molecule has 0 aliphatic carbocycles. The predicted molar refractivity (Wildman–Crippen MR) is 115 cm³/mol. The first kappa shape index (κ1) is 24.3. The molecule has 0 saturated heterocycles. The fourth-order valence-corrected chi connectivity index (χ4v) is 3.17. The number of carbonyl (C=O) groups is 1. The molecule has 2 heterocycles. The molecule has 0 radical (unpaired) electrons. The average molecular weight is 502 g/mol. The third-order valence-corrected chi connectivity index (χ3v) is 5.05. The summed E-state index contributed by atoms with van der Waals surface area (Å²) in [4.78, 5) is 28.6. The summed E-state index contributed by atoms with van der Waals surface area (Å²) in [6, 6.07) is 7.45. The van der Waals surface area contributed by atoms with Gasteiger partial charge in [-0.25, -0.2) is 9.37 Å². The van der Waals surface area contributed by atoms with Crippen molar-refractivity contribution in [3.05, 3.63) is 91.6 Å². The van der Waals surface area contributed by atoms with Crippen LogP contribution in [0, 0.1) is 11.0 Å². The molecule has 8 nitrogen and oxygen atoms in total. The number of anilines is 1. The molecule has 1 aromatic carbocycles. The van der Waals surface area contributed by atoms with Gasteiger partial charge in [0.25, 0.3) is 11.3 Å². The van der Waals surface area contributed by atoms with Gasteiger partial charge in [0.2, 0.25) is 5.91 Å². The quantitative estimate of drug-likeness (QED) is 0.365. The number of amides is 1. The molecular weight excluding hydrogens is 486 g/mol. The van der Waals surface area contributed by atoms with Crippen molar-refractivity contribution in [1.29, 1.82) is 0 Å². The number of rotatable bonds is 8. The lowest BCUT2D eigenvalue weighted by molar-refractivity contribution is -0.624. The molecular formula is C20H16Cl2F3N5O3. The first-order valence-corrected chi connectivity index (χ1v) is 10.1. The highest BCUT2D eigenvalue weighted by atomic mass is 35.5. The number of nitrogens with one attached hydrogen (secondary N) is 2. The molecule has 0 aliphatic heterocycles. The number of pyridine rings is 1. The van der Waals surface area contributed by atoms with Crippen LogP contribution >= 0.6 is 23.2 Å². The van der Waals surface area contributed by atoms with Gasteiger partial charge in [-0.2, -0.15) is 13.5 Å². The summed E-state index contributed by atoms with van der Waals surface area (Å²) in [5.41, 5.74) is -1.21. The van der Waals surface area contributed by atoms with Crippen LogP contribution in [-0.2, 0) is 23.8 Å². The third-order valence-electron chi connectivity index (χ3n) is 4.46. The van der Waals surface area contributed by atoms with E-state index in [1.807, 2.05) is 0 Å². The predicted octanol–water partition coefficient (Wildman–Crippen LogP) is 2.84. The highest BCUT2D eigenvalue weighted by Gasteiger charge is 2.39. The molecule has 0 bridgehead atoms. The molecule has 1 amide bonds. The summed E-state index contributed by atoms with van der Waals surface area (Å²) in [5, 5.41) is 16.0. The van der Waals surface area contributed by atoms with Gasteiger partial charge in [0.05, 0.1) is 17.8 Å². The van der Waals surface area contributed by atoms with Crippen molar-refractivity contribution >= 4 is 34.9 Å². The van der Waals surface area contributed by atoms with E-state index in [-0.39, 0.29) is 21.5 Å². The smallest absolute Gasteiger partial charge is 0.347 e. The fourth-order valence-electron chi connectivity index (χ4n) is 2.78. The molecule has 0 spiro atoms. The largest absolute Gasteiger partial charge is 0.618 e. The van der Waals surface area contributed by atoms with Crippen LogP contribution in [0.4, 0.5) is 19.0 Å². The first-order chi connectivity index (χ1) is 15.6. The third kappa shape index (κ3) is 5.93. The van der Waals surface area contributed by atoms with Gasteiger partial charge in [0.15, 0.2) is 12.0 Å². The summed E-state index contributed by atoms with van der Waals surface area (Å²) in [6.45, 7) is -1.63. The normalized spacial score (nSPS) is 11.3. The topological polar surface area (TPSA) is 103 Å². The van der Waals surface area contributed by atoms with Crippen LogP contribution in [0.25, 0.3) is 0 Å². The Morgan fingerprint density at radius 2 is 2.00 bits per heavy atom. The van der Waals surface area contributed by atoms with Crippen molar-refractivity contribution in [2.24, 2.45) is 0 Å². The Morgan fingerprint density at radius 1 is 1.24 bits per heavy atom. The van der Waals surface area contributed by atoms with Gasteiger partial charge in [-0.3, -0.25) is 14.2 Å². The van der Waals surface area contributed by atoms with E-state index in [9.17, 15) is 28.0 Å². The Labute approximate surface area is 195 Å². The minimum atomic E-state index is -3.62. The van der Waals surface area contributed by atoms with Gasteiger partial charge in [0, 0.05) is 18.7 Å². The van der Waals surface area contributed by atoms with E-state index in [0.717, 1.165) is 29.1 Å². The Morgan fingerprint density at radius 3 is 2.70 bits per heavy atom. The number of carbonyl (C=O) groups excluding carboxylic acids is 1. The van der Waals surface area contributed by atoms with Crippen LogP contribution in [0.5, 0.6) is 0 Å². The van der Waals surface area contributed by atoms with Crippen LogP contribution < -0.4 is 20.9 Å². The maximum Gasteiger partial charge on any atom is 0.347 e. The van der Waals surface area contributed by atoms with Crippen LogP contribution in [-0.4, -0.2) is 22.0 Å². The van der Waals surface area contributed by atoms with Gasteiger partial charge < -0.3 is 15.8 Å². The number of hydrogen-bond acceptors (Lipinski definition) is 5. The summed E-state index contributed by atoms with van der Waals surface area (Å²) < 4.78 is 42.9. The highest BCUT2D eigenvalue weighted by Crippen LogP contribution is 2.25. The van der Waals surface area contributed by atoms with Crippen LogP contribution in [0.3, 0.4) is 0 Å². The second-order valence-corrected chi connectivity index (χ2v) is 7.61. The maximum absolute atomic E-state index is 14.4. The number of aromatic nitrogens is 3. The van der Waals surface area contributed by atoms with E-state index in [4.69, 9.17) is 23.2 Å². The van der Waals surface area contributed by atoms with E-state index in [1.165, 1.54) is 24.3 Å². The highest BCUT2D eigenvalue weighted by molar-refractivity contribution is 6.30. The Bertz CT molecular complexity index is 1240. The molecule has 2 N–H and O–H groups in total. The summed E-state index contributed by atoms with van der Waals surface area (Å²) >= 11 is 11.6. The maximum atomic E-state index is 14.4. The van der Waals surface area contributed by atoms with E-state index < -0.39 is 47.8 Å². The van der Waals surface area contributed by atoms with Crippen molar-refractivity contribution in [3.63, 3.8) is 0 Å². The van der Waals surface area contributed by atoms with E-state index >= 15 is 0 Å². The lowest BCUT2D eigenvalue weighted by atomic mass is 10.2. The number of halogens is 5. The Kier molecular flexibility index (Phi) is 7.44. The second kappa shape index (κ2) is 10.1. The number of alkyl halides is 2. The lowest BCUT2D eigenvalue weighted by Crippen LogP contribution is -2.41. The van der Waals surface area contributed by atoms with Gasteiger partial charge in [0.1, 0.15) is 17.5 Å². The zero-order valence-electron chi connectivity index (χ0n) is 16.7. The first-order valence-electron chi connectivity index (χ1n) is 9.35. The molecule has 0 atom stereocenters. The van der Waals surface area contributed by atoms with Crippen molar-refractivity contribution in [3.8, 4) is 0 Å². The van der Waals surface area contributed by atoms with Crippen molar-refractivity contribution in [2.75, 3.05) is 11.9 Å². The van der Waals surface area contributed by atoms with Crippen LogP contribution in [0.1, 0.15) is 11.3 Å². The SMILES string of the molecule is O=C(Cn1c(Cl)cnc(NCC(F)(F)c2cccc[n+]2[O-])c1=O)NCc1ccc(F)c(Cl)c1. The zero-order valence-corrected chi connectivity index (χ0v) is 18.2. The molecule has 3 rings (SSSR count). The Balaban J connectivity index is 1.69. The second-order valence-electron chi connectivity index (χ2n) is 6.82. The zero-order chi connectivity index (χ0) is 24.2. The number of nitrogens with zero attached hydrogens (tertiary/aromatic N) is 3. The van der Waals surface area contributed by atoms with Gasteiger partial charge >= 0.3 is 5.92 Å². The van der Waals surface area contributed by atoms with Gasteiger partial charge in [-0.1, -0.05) is 29.3 Å². The summed E-state index contributed by atoms with van der Waals surface area (Å²) in [6.07, 6.45) is 1.95. The van der Waals surface area contributed by atoms with Crippen LogP contribution in [0.2, 0.25) is 10.2 Å². The fraction of sp³-hybridized carbons (Fsp3) is 0.200. The van der Waals surface area contributed by atoms with Crippen molar-refractivity contribution in [2.45, 2.75) is 19.0 Å². The molecule has 2 aromatic heterocycles. The van der Waals surface area contributed by atoms with E-state index in [1.54, 1.807) is 0 Å². The van der Waals surface area contributed by atoms with E-state index in [2.05, 4.69) is 15.6 Å². The summed E-state index contributed by atoms with van der Waals surface area (Å²) in [5.74, 6) is -5.33. The van der Waals surface area contributed by atoms with Gasteiger partial charge in [-0.15, -0.1) is 0 Å². The van der Waals surface area contributed by atoms with Crippen molar-refractivity contribution in [1.82, 2.24) is 14.9 Å². The molecule has 0 aliphatic rings. The van der Waals surface area contributed by atoms with E-state index in [0.29, 0.717) is 5.56 Å². The molecule has 0 fully saturated rings. The summed E-state index contributed by atoms with van der Waals surface area (Å²) in [7, 11) is 0. The molecule has 3 aromatic rings. The van der Waals surface area contributed by atoms with Gasteiger partial charge in [-0.05, 0) is 23.8 Å². The minimum absolute atomic E-state index is 0.000112. The molecule has 13 heteroatoms.